The van der Waals surface area contributed by atoms with Crippen LogP contribution in [0, 0.1) is 18.8 Å². The van der Waals surface area contributed by atoms with Crippen LogP contribution >= 0.6 is 0 Å². The van der Waals surface area contributed by atoms with Crippen LogP contribution in [0.2, 0.25) is 0 Å². The van der Waals surface area contributed by atoms with E-state index in [-0.39, 0.29) is 23.7 Å². The van der Waals surface area contributed by atoms with Gasteiger partial charge < -0.3 is 23.9 Å². The first-order valence-corrected chi connectivity index (χ1v) is 15.5. The number of hydrogen-bond acceptors (Lipinski definition) is 6. The number of carbonyl (C=O) groups excluding carboxylic acids is 1. The Kier molecular flexibility index (Phi) is 9.60. The third-order valence-corrected chi connectivity index (χ3v) is 8.67. The summed E-state index contributed by atoms with van der Waals surface area (Å²) in [7, 11) is 1.79. The second kappa shape index (κ2) is 13.3. The highest BCUT2D eigenvalue weighted by atomic mass is 16.5. The number of hydrogen-bond donors (Lipinski definition) is 1. The van der Waals surface area contributed by atoms with Crippen molar-refractivity contribution in [1.29, 1.82) is 0 Å². The van der Waals surface area contributed by atoms with Crippen LogP contribution in [0.4, 0.5) is 0 Å². The Morgan fingerprint density at radius 3 is 2.59 bits per heavy atom. The molecule has 2 aliphatic rings. The highest BCUT2D eigenvalue weighted by Gasteiger charge is 2.26. The summed E-state index contributed by atoms with van der Waals surface area (Å²) in [6.45, 7) is 9.25. The zero-order valence-corrected chi connectivity index (χ0v) is 25.2. The Morgan fingerprint density at radius 1 is 1.12 bits per heavy atom. The number of rotatable bonds is 11. The molecule has 2 fully saturated rings. The number of fused-ring (bicyclic) bond motifs is 1. The standard InChI is InChI=1S/C33H46N4O4/c1-22(2)9-11-28(33(39)41-27-7-5-6-8-27)34-19-25-10-12-30-29(18-25)35-31(26-17-23(3)32(38)36(4)21-26)37(30)20-24-13-15-40-16-14-24/h10,12,17-18,21-22,24,27-28,34H,5-9,11,13-16,19-20H2,1-4H3/t28-/m0/s1. The molecule has 3 aromatic rings. The fourth-order valence-corrected chi connectivity index (χ4v) is 6.17. The maximum Gasteiger partial charge on any atom is 0.323 e. The second-order valence-corrected chi connectivity index (χ2v) is 12.5. The van der Waals surface area contributed by atoms with Gasteiger partial charge in [-0.25, -0.2) is 4.98 Å². The lowest BCUT2D eigenvalue weighted by Crippen LogP contribution is -2.39. The van der Waals surface area contributed by atoms with E-state index in [4.69, 9.17) is 14.5 Å². The van der Waals surface area contributed by atoms with Gasteiger partial charge in [-0.15, -0.1) is 0 Å². The van der Waals surface area contributed by atoms with Gasteiger partial charge in [0.25, 0.3) is 5.56 Å². The van der Waals surface area contributed by atoms with Crippen molar-refractivity contribution in [1.82, 2.24) is 19.4 Å². The molecule has 2 aromatic heterocycles. The molecule has 0 unspecified atom stereocenters. The summed E-state index contributed by atoms with van der Waals surface area (Å²) >= 11 is 0. The summed E-state index contributed by atoms with van der Waals surface area (Å²) in [4.78, 5) is 30.6. The van der Waals surface area contributed by atoms with Crippen LogP contribution in [0.25, 0.3) is 22.4 Å². The fourth-order valence-electron chi connectivity index (χ4n) is 6.17. The molecule has 8 heteroatoms. The van der Waals surface area contributed by atoms with Crippen molar-refractivity contribution in [2.45, 2.75) is 97.4 Å². The molecule has 222 valence electrons. The van der Waals surface area contributed by atoms with Gasteiger partial charge in [-0.05, 0) is 93.9 Å². The SMILES string of the molecule is Cc1cc(-c2nc3cc(CN[C@@H](CCC(C)C)C(=O)OC4CCCC4)ccc3n2CC2CCOCC2)cn(C)c1=O. The highest BCUT2D eigenvalue weighted by Crippen LogP contribution is 2.29. The molecule has 8 nitrogen and oxygen atoms in total. The topological polar surface area (TPSA) is 87.4 Å². The number of aryl methyl sites for hydroxylation is 2. The lowest BCUT2D eigenvalue weighted by atomic mass is 10.00. The molecule has 1 saturated heterocycles. The number of nitrogens with zero attached hydrogens (tertiary/aromatic N) is 3. The van der Waals surface area contributed by atoms with Crippen molar-refractivity contribution in [2.24, 2.45) is 18.9 Å². The zero-order chi connectivity index (χ0) is 28.9. The van der Waals surface area contributed by atoms with Crippen LogP contribution < -0.4 is 10.9 Å². The first-order valence-electron chi connectivity index (χ1n) is 15.5. The van der Waals surface area contributed by atoms with Gasteiger partial charge in [0.2, 0.25) is 0 Å². The van der Waals surface area contributed by atoms with Crippen molar-refractivity contribution in [3.05, 3.63) is 51.9 Å². The van der Waals surface area contributed by atoms with E-state index in [9.17, 15) is 9.59 Å². The Bertz CT molecular complexity index is 1370. The molecule has 1 aliphatic heterocycles. The number of aromatic nitrogens is 3. The molecule has 41 heavy (non-hydrogen) atoms. The first-order chi connectivity index (χ1) is 19.8. The van der Waals surface area contributed by atoms with Crippen LogP contribution in [0.15, 0.2) is 35.3 Å². The third kappa shape index (κ3) is 7.28. The molecule has 1 aliphatic carbocycles. The van der Waals surface area contributed by atoms with Gasteiger partial charge >= 0.3 is 5.97 Å². The highest BCUT2D eigenvalue weighted by molar-refractivity contribution is 5.81. The van der Waals surface area contributed by atoms with Gasteiger partial charge in [-0.1, -0.05) is 19.9 Å². The van der Waals surface area contributed by atoms with Crippen molar-refractivity contribution in [2.75, 3.05) is 13.2 Å². The molecule has 0 spiro atoms. The number of ether oxygens (including phenoxy) is 2. The minimum absolute atomic E-state index is 0.00711. The molecule has 5 rings (SSSR count). The molecule has 0 radical (unpaired) electrons. The number of nitrogens with one attached hydrogen (secondary N) is 1. The second-order valence-electron chi connectivity index (χ2n) is 12.5. The quantitative estimate of drug-likeness (QED) is 0.310. The molecular formula is C33H46N4O4. The van der Waals surface area contributed by atoms with Crippen LogP contribution in [0.3, 0.4) is 0 Å². The summed E-state index contributed by atoms with van der Waals surface area (Å²) in [5.41, 5.74) is 4.74. The van der Waals surface area contributed by atoms with Gasteiger partial charge in [-0.2, -0.15) is 0 Å². The van der Waals surface area contributed by atoms with Crippen molar-refractivity contribution >= 4 is 17.0 Å². The van der Waals surface area contributed by atoms with Gasteiger partial charge in [0, 0.05) is 50.7 Å². The predicted molar refractivity (Wildman–Crippen MR) is 162 cm³/mol. The van der Waals surface area contributed by atoms with Gasteiger partial charge in [0.1, 0.15) is 18.0 Å². The van der Waals surface area contributed by atoms with Crippen LogP contribution in [0.5, 0.6) is 0 Å². The third-order valence-electron chi connectivity index (χ3n) is 8.67. The summed E-state index contributed by atoms with van der Waals surface area (Å²) in [6.07, 6.45) is 9.99. The predicted octanol–water partition coefficient (Wildman–Crippen LogP) is 5.52. The van der Waals surface area contributed by atoms with Crippen molar-refractivity contribution in [3.63, 3.8) is 0 Å². The number of benzene rings is 1. The number of imidazole rings is 1. The minimum atomic E-state index is -0.316. The summed E-state index contributed by atoms with van der Waals surface area (Å²) in [5.74, 6) is 1.80. The molecule has 1 N–H and O–H groups in total. The molecular weight excluding hydrogens is 516 g/mol. The molecule has 0 bridgehead atoms. The van der Waals surface area contributed by atoms with E-state index in [2.05, 4.69) is 41.9 Å². The Morgan fingerprint density at radius 2 is 1.88 bits per heavy atom. The van der Waals surface area contributed by atoms with E-state index in [1.807, 2.05) is 19.2 Å². The first kappa shape index (κ1) is 29.5. The number of esters is 1. The lowest BCUT2D eigenvalue weighted by molar-refractivity contribution is -0.151. The van der Waals surface area contributed by atoms with E-state index >= 15 is 0 Å². The molecule has 1 atom stereocenters. The number of pyridine rings is 1. The Balaban J connectivity index is 1.40. The van der Waals surface area contributed by atoms with Crippen LogP contribution in [0.1, 0.15) is 76.3 Å². The van der Waals surface area contributed by atoms with E-state index < -0.39 is 0 Å². The van der Waals surface area contributed by atoms with E-state index in [1.54, 1.807) is 11.6 Å². The average molecular weight is 563 g/mol. The van der Waals surface area contributed by atoms with Crippen molar-refractivity contribution in [3.8, 4) is 11.4 Å². The number of carbonyl (C=O) groups is 1. The van der Waals surface area contributed by atoms with E-state index in [1.165, 1.54) is 0 Å². The summed E-state index contributed by atoms with van der Waals surface area (Å²) in [5, 5.41) is 3.51. The Hall–Kier alpha value is -2.97. The summed E-state index contributed by atoms with van der Waals surface area (Å²) in [6, 6.07) is 8.04. The molecule has 0 amide bonds. The smallest absolute Gasteiger partial charge is 0.323 e. The van der Waals surface area contributed by atoms with Crippen molar-refractivity contribution < 1.29 is 14.3 Å². The average Bonchev–Trinajstić information content (AvgIpc) is 3.59. The largest absolute Gasteiger partial charge is 0.461 e. The maximum atomic E-state index is 13.1. The molecule has 1 aromatic carbocycles. The lowest BCUT2D eigenvalue weighted by Gasteiger charge is -2.23. The van der Waals surface area contributed by atoms with Gasteiger partial charge in [0.15, 0.2) is 0 Å². The minimum Gasteiger partial charge on any atom is -0.461 e. The van der Waals surface area contributed by atoms with Gasteiger partial charge in [0.05, 0.1) is 11.0 Å². The fraction of sp³-hybridized carbons (Fsp3) is 0.606. The summed E-state index contributed by atoms with van der Waals surface area (Å²) < 4.78 is 15.4. The van der Waals surface area contributed by atoms with E-state index in [0.29, 0.717) is 23.9 Å². The normalized spacial score (nSPS) is 17.5. The molecule has 3 heterocycles. The van der Waals surface area contributed by atoms with E-state index in [0.717, 1.165) is 99.1 Å². The van der Waals surface area contributed by atoms with Crippen LogP contribution in [-0.4, -0.2) is 45.4 Å². The van der Waals surface area contributed by atoms with Crippen LogP contribution in [-0.2, 0) is 34.4 Å². The maximum absolute atomic E-state index is 13.1. The zero-order valence-electron chi connectivity index (χ0n) is 25.2. The molecule has 1 saturated carbocycles. The Labute approximate surface area is 243 Å². The monoisotopic (exact) mass is 562 g/mol. The van der Waals surface area contributed by atoms with Gasteiger partial charge in [-0.3, -0.25) is 9.59 Å².